The molecule has 1 aromatic carbocycles. The van der Waals surface area contributed by atoms with Crippen LogP contribution >= 0.6 is 0 Å². The third kappa shape index (κ3) is 8.83. The smallest absolute Gasteiger partial charge is 0.390 e. The van der Waals surface area contributed by atoms with Crippen LogP contribution in [0.25, 0.3) is 0 Å². The summed E-state index contributed by atoms with van der Waals surface area (Å²) >= 11 is 0. The number of rotatable bonds is 10. The van der Waals surface area contributed by atoms with Crippen LogP contribution < -0.4 is 0 Å². The maximum absolute atomic E-state index is 13.0. The molecule has 6 heteroatoms. The first kappa shape index (κ1) is 25.7. The molecular formula is C25H38F3NO2. The highest BCUT2D eigenvalue weighted by molar-refractivity contribution is 5.69. The first-order chi connectivity index (χ1) is 14.6. The van der Waals surface area contributed by atoms with Gasteiger partial charge in [0.1, 0.15) is 0 Å². The van der Waals surface area contributed by atoms with Crippen molar-refractivity contribution < 1.29 is 22.7 Å². The average Bonchev–Trinajstić information content (AvgIpc) is 2.68. The van der Waals surface area contributed by atoms with Gasteiger partial charge in [0.05, 0.1) is 13.0 Å². The number of ether oxygens (including phenoxy) is 1. The van der Waals surface area contributed by atoms with E-state index >= 15 is 0 Å². The van der Waals surface area contributed by atoms with Gasteiger partial charge in [-0.1, -0.05) is 43.7 Å². The van der Waals surface area contributed by atoms with E-state index in [2.05, 4.69) is 43.0 Å². The molecule has 0 unspecified atom stereocenters. The van der Waals surface area contributed by atoms with Gasteiger partial charge in [-0.25, -0.2) is 0 Å². The van der Waals surface area contributed by atoms with Crippen molar-refractivity contribution in [3.63, 3.8) is 0 Å². The Morgan fingerprint density at radius 3 is 2.42 bits per heavy atom. The molecule has 0 bridgehead atoms. The topological polar surface area (TPSA) is 29.5 Å². The van der Waals surface area contributed by atoms with E-state index in [4.69, 9.17) is 4.74 Å². The molecule has 0 amide bonds. The largest absolute Gasteiger partial charge is 0.466 e. The second-order valence-electron chi connectivity index (χ2n) is 9.36. The van der Waals surface area contributed by atoms with Crippen molar-refractivity contribution in [3.8, 4) is 0 Å². The lowest BCUT2D eigenvalue weighted by molar-refractivity contribution is -0.145. The first-order valence-corrected chi connectivity index (χ1v) is 11.6. The van der Waals surface area contributed by atoms with Crippen LogP contribution in [0, 0.1) is 18.8 Å². The van der Waals surface area contributed by atoms with E-state index in [1.807, 2.05) is 6.92 Å². The molecule has 3 nitrogen and oxygen atoms in total. The molecule has 0 aromatic heterocycles. The minimum Gasteiger partial charge on any atom is -0.466 e. The fourth-order valence-corrected chi connectivity index (χ4v) is 4.63. The zero-order valence-electron chi connectivity index (χ0n) is 19.4. The molecule has 0 heterocycles. The number of hydrogen-bond donors (Lipinski definition) is 0. The number of carbonyl (C=O) groups is 1. The number of aryl methyl sites for hydroxylation is 1. The molecular weight excluding hydrogens is 403 g/mol. The van der Waals surface area contributed by atoms with Gasteiger partial charge >= 0.3 is 12.1 Å². The van der Waals surface area contributed by atoms with Crippen LogP contribution in [-0.4, -0.2) is 42.8 Å². The summed E-state index contributed by atoms with van der Waals surface area (Å²) in [6.07, 6.45) is -1.23. The summed E-state index contributed by atoms with van der Waals surface area (Å²) < 4.78 is 44.3. The third-order valence-electron chi connectivity index (χ3n) is 6.33. The lowest BCUT2D eigenvalue weighted by Crippen LogP contribution is -2.45. The molecule has 1 saturated carbocycles. The maximum atomic E-state index is 13.0. The fourth-order valence-electron chi connectivity index (χ4n) is 4.63. The number of halogens is 3. The quantitative estimate of drug-likeness (QED) is 0.388. The lowest BCUT2D eigenvalue weighted by Gasteiger charge is -2.43. The van der Waals surface area contributed by atoms with Crippen molar-refractivity contribution >= 4 is 5.97 Å². The van der Waals surface area contributed by atoms with E-state index in [-0.39, 0.29) is 30.4 Å². The molecule has 31 heavy (non-hydrogen) atoms. The summed E-state index contributed by atoms with van der Waals surface area (Å²) in [7, 11) is 0. The van der Waals surface area contributed by atoms with Gasteiger partial charge < -0.3 is 4.74 Å². The van der Waals surface area contributed by atoms with E-state index in [9.17, 15) is 18.0 Å². The van der Waals surface area contributed by atoms with E-state index in [0.29, 0.717) is 25.5 Å². The van der Waals surface area contributed by atoms with Crippen LogP contribution in [0.3, 0.4) is 0 Å². The Labute approximate surface area is 185 Å². The Bertz CT molecular complexity index is 672. The van der Waals surface area contributed by atoms with Gasteiger partial charge in [-0.15, -0.1) is 0 Å². The highest BCUT2D eigenvalue weighted by Crippen LogP contribution is 2.41. The Hall–Kier alpha value is -1.56. The maximum Gasteiger partial charge on any atom is 0.390 e. The average molecular weight is 442 g/mol. The molecule has 1 aliphatic rings. The third-order valence-corrected chi connectivity index (χ3v) is 6.33. The predicted molar refractivity (Wildman–Crippen MR) is 118 cm³/mol. The number of benzene rings is 1. The van der Waals surface area contributed by atoms with Crippen molar-refractivity contribution in [2.24, 2.45) is 11.8 Å². The number of nitrogens with zero attached hydrogens (tertiary/aromatic N) is 1. The molecule has 2 rings (SSSR count). The Morgan fingerprint density at radius 2 is 1.84 bits per heavy atom. The molecule has 1 aromatic rings. The Morgan fingerprint density at radius 1 is 1.16 bits per heavy atom. The normalized spacial score (nSPS) is 22.2. The van der Waals surface area contributed by atoms with Crippen LogP contribution in [0.5, 0.6) is 0 Å². The minimum atomic E-state index is -4.16. The zero-order chi connectivity index (χ0) is 23.0. The van der Waals surface area contributed by atoms with Gasteiger partial charge in [0.25, 0.3) is 0 Å². The second-order valence-corrected chi connectivity index (χ2v) is 9.36. The van der Waals surface area contributed by atoms with Gasteiger partial charge in [0, 0.05) is 19.0 Å². The fraction of sp³-hybridized carbons (Fsp3) is 0.720. The van der Waals surface area contributed by atoms with Crippen molar-refractivity contribution in [1.29, 1.82) is 0 Å². The summed E-state index contributed by atoms with van der Waals surface area (Å²) in [5.41, 5.74) is 2.32. The number of carbonyl (C=O) groups excluding carboxylic acids is 1. The van der Waals surface area contributed by atoms with Gasteiger partial charge in [-0.05, 0) is 69.4 Å². The van der Waals surface area contributed by atoms with Crippen molar-refractivity contribution in [2.75, 3.05) is 19.7 Å². The van der Waals surface area contributed by atoms with Crippen molar-refractivity contribution in [3.05, 3.63) is 35.4 Å². The standard InChI is InChI=1S/C25H38F3NO2/c1-5-31-24(30)17-20-8-11-23(22(16-20)21-9-6-19(4)7-10-21)29(14-12-18(2)3)15-13-25(26,27)28/h6-7,9-10,18,20,22-23H,5,8,11-17H2,1-4H3/t20-,22+,23-/m1/s1. The summed E-state index contributed by atoms with van der Waals surface area (Å²) in [5, 5.41) is 0. The molecule has 176 valence electrons. The van der Waals surface area contributed by atoms with Gasteiger partial charge in [0.2, 0.25) is 0 Å². The molecule has 0 radical (unpaired) electrons. The number of hydrogen-bond acceptors (Lipinski definition) is 3. The summed E-state index contributed by atoms with van der Waals surface area (Å²) in [6.45, 7) is 9.12. The van der Waals surface area contributed by atoms with E-state index in [1.54, 1.807) is 6.92 Å². The van der Waals surface area contributed by atoms with Crippen molar-refractivity contribution in [2.45, 2.75) is 84.4 Å². The molecule has 3 atom stereocenters. The minimum absolute atomic E-state index is 0.0335. The number of esters is 1. The molecule has 1 fully saturated rings. The lowest BCUT2D eigenvalue weighted by atomic mass is 9.73. The molecule has 0 aliphatic heterocycles. The van der Waals surface area contributed by atoms with Crippen LogP contribution in [0.4, 0.5) is 13.2 Å². The molecule has 1 aliphatic carbocycles. The van der Waals surface area contributed by atoms with Crippen LogP contribution in [0.2, 0.25) is 0 Å². The van der Waals surface area contributed by atoms with Gasteiger partial charge in [-0.3, -0.25) is 9.69 Å². The van der Waals surface area contributed by atoms with Gasteiger partial charge in [-0.2, -0.15) is 13.2 Å². The Kier molecular flexibility index (Phi) is 9.86. The predicted octanol–water partition coefficient (Wildman–Crippen LogP) is 6.50. The van der Waals surface area contributed by atoms with Crippen molar-refractivity contribution in [1.82, 2.24) is 4.90 Å². The van der Waals surface area contributed by atoms with Crippen LogP contribution in [-0.2, 0) is 9.53 Å². The molecule has 0 spiro atoms. The van der Waals surface area contributed by atoms with E-state index < -0.39 is 12.6 Å². The number of alkyl halides is 3. The van der Waals surface area contributed by atoms with E-state index in [0.717, 1.165) is 36.8 Å². The Balaban J connectivity index is 2.24. The summed E-state index contributed by atoms with van der Waals surface area (Å²) in [6, 6.07) is 8.39. The van der Waals surface area contributed by atoms with E-state index in [1.165, 1.54) is 0 Å². The highest BCUT2D eigenvalue weighted by atomic mass is 19.4. The first-order valence-electron chi connectivity index (χ1n) is 11.6. The van der Waals surface area contributed by atoms with Crippen LogP contribution in [0.1, 0.15) is 76.3 Å². The summed E-state index contributed by atoms with van der Waals surface area (Å²) in [4.78, 5) is 14.1. The highest BCUT2D eigenvalue weighted by Gasteiger charge is 2.37. The summed E-state index contributed by atoms with van der Waals surface area (Å²) in [5.74, 6) is 0.582. The zero-order valence-corrected chi connectivity index (χ0v) is 19.4. The monoisotopic (exact) mass is 441 g/mol. The molecule has 0 saturated heterocycles. The van der Waals surface area contributed by atoms with Crippen LogP contribution in [0.15, 0.2) is 24.3 Å². The second kappa shape index (κ2) is 11.9. The molecule has 0 N–H and O–H groups in total. The van der Waals surface area contributed by atoms with Gasteiger partial charge in [0.15, 0.2) is 0 Å². The SMILES string of the molecule is CCOC(=O)C[C@@H]1CC[C@@H](N(CCC(C)C)CCC(F)(F)F)[C@H](c2ccc(C)cc2)C1.